The molecule has 34 heavy (non-hydrogen) atoms. The number of aryl methyl sites for hydroxylation is 2. The molecule has 0 aliphatic heterocycles. The van der Waals surface area contributed by atoms with Crippen molar-refractivity contribution in [2.45, 2.75) is 13.8 Å². The fourth-order valence-electron chi connectivity index (χ4n) is 3.72. The lowest BCUT2D eigenvalue weighted by atomic mass is 10.1. The van der Waals surface area contributed by atoms with E-state index in [0.717, 1.165) is 11.1 Å². The maximum absolute atomic E-state index is 13.4. The highest BCUT2D eigenvalue weighted by molar-refractivity contribution is 6.16. The average Bonchev–Trinajstić information content (AvgIpc) is 3.09. The number of nitrogen functional groups attached to an aromatic ring is 1. The molecule has 0 saturated heterocycles. The number of rotatable bonds is 4. The SMILES string of the molecule is Cc1ccc(C)c(NC(=O)c2c(N)n(/N=C/c3ccc(F)cc3)c3nc4ccccc4nc23)c1. The number of fused-ring (bicyclic) bond motifs is 2. The van der Waals surface area contributed by atoms with Crippen molar-refractivity contribution in [3.63, 3.8) is 0 Å². The molecule has 0 radical (unpaired) electrons. The van der Waals surface area contributed by atoms with Crippen LogP contribution in [0.4, 0.5) is 15.9 Å². The Morgan fingerprint density at radius 1 is 1.03 bits per heavy atom. The van der Waals surface area contributed by atoms with Crippen LogP contribution < -0.4 is 11.1 Å². The Hall–Kier alpha value is -4.59. The standard InChI is InChI=1S/C26H21FN6O/c1-15-7-8-16(2)21(13-15)32-26(34)22-23-25(31-20-6-4-3-5-19(20)30-23)33(24(22)28)29-14-17-9-11-18(27)12-10-17/h3-14H,28H2,1-2H3,(H,32,34)/b29-14+. The number of nitrogens with zero attached hydrogens (tertiary/aromatic N) is 4. The van der Waals surface area contributed by atoms with Crippen molar-refractivity contribution < 1.29 is 9.18 Å². The summed E-state index contributed by atoms with van der Waals surface area (Å²) >= 11 is 0. The summed E-state index contributed by atoms with van der Waals surface area (Å²) in [5.74, 6) is -0.645. The molecule has 2 aromatic heterocycles. The lowest BCUT2D eigenvalue weighted by Crippen LogP contribution is -2.15. The Morgan fingerprint density at radius 2 is 1.74 bits per heavy atom. The molecule has 3 N–H and O–H groups in total. The van der Waals surface area contributed by atoms with Gasteiger partial charge in [-0.3, -0.25) is 4.79 Å². The van der Waals surface area contributed by atoms with Crippen molar-refractivity contribution in [1.29, 1.82) is 0 Å². The van der Waals surface area contributed by atoms with Gasteiger partial charge in [0.05, 0.1) is 17.2 Å². The molecule has 0 aliphatic rings. The summed E-state index contributed by atoms with van der Waals surface area (Å²) in [4.78, 5) is 22.8. The molecule has 0 atom stereocenters. The van der Waals surface area contributed by atoms with Crippen LogP contribution in [0.25, 0.3) is 22.2 Å². The zero-order chi connectivity index (χ0) is 23.8. The van der Waals surface area contributed by atoms with Gasteiger partial charge >= 0.3 is 0 Å². The Labute approximate surface area is 194 Å². The van der Waals surface area contributed by atoms with E-state index in [1.165, 1.54) is 23.0 Å². The van der Waals surface area contributed by atoms with Gasteiger partial charge in [0.2, 0.25) is 0 Å². The van der Waals surface area contributed by atoms with Crippen LogP contribution in [0, 0.1) is 19.7 Å². The number of para-hydroxylation sites is 2. The number of anilines is 2. The summed E-state index contributed by atoms with van der Waals surface area (Å²) in [5, 5.41) is 7.39. The minimum atomic E-state index is -0.406. The molecule has 0 aliphatic carbocycles. The van der Waals surface area contributed by atoms with Gasteiger partial charge in [-0.05, 0) is 60.9 Å². The fraction of sp³-hybridized carbons (Fsp3) is 0.0769. The summed E-state index contributed by atoms with van der Waals surface area (Å²) in [6, 6.07) is 19.1. The number of benzene rings is 3. The van der Waals surface area contributed by atoms with Crippen molar-refractivity contribution in [1.82, 2.24) is 14.6 Å². The first kappa shape index (κ1) is 21.3. The third-order valence-electron chi connectivity index (χ3n) is 5.53. The van der Waals surface area contributed by atoms with E-state index in [2.05, 4.69) is 20.4 Å². The molecule has 3 aromatic carbocycles. The molecular formula is C26H21FN6O. The summed E-state index contributed by atoms with van der Waals surface area (Å²) < 4.78 is 14.6. The molecule has 8 heteroatoms. The zero-order valence-corrected chi connectivity index (χ0v) is 18.6. The Bertz CT molecular complexity index is 1590. The maximum atomic E-state index is 13.4. The minimum absolute atomic E-state index is 0.103. The third kappa shape index (κ3) is 3.86. The third-order valence-corrected chi connectivity index (χ3v) is 5.53. The van der Waals surface area contributed by atoms with Crippen molar-refractivity contribution in [3.05, 3.63) is 94.8 Å². The van der Waals surface area contributed by atoms with Crippen molar-refractivity contribution in [2.24, 2.45) is 5.10 Å². The second-order valence-electron chi connectivity index (χ2n) is 8.03. The second kappa shape index (κ2) is 8.40. The van der Waals surface area contributed by atoms with Gasteiger partial charge in [0.25, 0.3) is 5.91 Å². The molecular weight excluding hydrogens is 431 g/mol. The zero-order valence-electron chi connectivity index (χ0n) is 18.6. The van der Waals surface area contributed by atoms with Crippen LogP contribution in [0.2, 0.25) is 0 Å². The van der Waals surface area contributed by atoms with Gasteiger partial charge in [0.15, 0.2) is 5.65 Å². The Morgan fingerprint density at radius 3 is 2.47 bits per heavy atom. The van der Waals surface area contributed by atoms with Crippen LogP contribution in [0.1, 0.15) is 27.0 Å². The summed E-state index contributed by atoms with van der Waals surface area (Å²) in [7, 11) is 0. The normalized spacial score (nSPS) is 11.5. The van der Waals surface area contributed by atoms with Gasteiger partial charge < -0.3 is 11.1 Å². The molecule has 7 nitrogen and oxygen atoms in total. The van der Waals surface area contributed by atoms with Gasteiger partial charge in [-0.15, -0.1) is 0 Å². The molecule has 5 aromatic rings. The quantitative estimate of drug-likeness (QED) is 0.373. The molecule has 2 heterocycles. The molecule has 0 bridgehead atoms. The summed E-state index contributed by atoms with van der Waals surface area (Å²) in [5.41, 5.74) is 11.9. The average molecular weight is 452 g/mol. The number of nitrogens with two attached hydrogens (primary N) is 1. The predicted molar refractivity (Wildman–Crippen MR) is 133 cm³/mol. The first-order valence-electron chi connectivity index (χ1n) is 10.7. The van der Waals surface area contributed by atoms with E-state index in [1.807, 2.05) is 56.3 Å². The molecule has 5 rings (SSSR count). The number of hydrogen-bond donors (Lipinski definition) is 2. The number of aromatic nitrogens is 3. The smallest absolute Gasteiger partial charge is 0.261 e. The van der Waals surface area contributed by atoms with Gasteiger partial charge in [-0.25, -0.2) is 14.4 Å². The number of hydrogen-bond acceptors (Lipinski definition) is 5. The summed E-state index contributed by atoms with van der Waals surface area (Å²) in [6.07, 6.45) is 1.53. The monoisotopic (exact) mass is 452 g/mol. The molecule has 0 fully saturated rings. The van der Waals surface area contributed by atoms with Crippen LogP contribution >= 0.6 is 0 Å². The van der Waals surface area contributed by atoms with E-state index >= 15 is 0 Å². The van der Waals surface area contributed by atoms with Crippen molar-refractivity contribution in [2.75, 3.05) is 11.1 Å². The number of nitrogens with one attached hydrogen (secondary N) is 1. The maximum Gasteiger partial charge on any atom is 0.261 e. The molecule has 1 amide bonds. The van der Waals surface area contributed by atoms with Crippen LogP contribution in [0.5, 0.6) is 0 Å². The van der Waals surface area contributed by atoms with E-state index in [-0.39, 0.29) is 17.2 Å². The van der Waals surface area contributed by atoms with Crippen LogP contribution in [0.3, 0.4) is 0 Å². The van der Waals surface area contributed by atoms with Crippen molar-refractivity contribution >= 4 is 45.8 Å². The molecule has 0 spiro atoms. The number of amides is 1. The van der Waals surface area contributed by atoms with Crippen LogP contribution in [-0.4, -0.2) is 26.8 Å². The van der Waals surface area contributed by atoms with Gasteiger partial charge in [0.1, 0.15) is 22.7 Å². The van der Waals surface area contributed by atoms with Gasteiger partial charge in [-0.2, -0.15) is 9.78 Å². The van der Waals surface area contributed by atoms with E-state index in [1.54, 1.807) is 12.1 Å². The highest BCUT2D eigenvalue weighted by Gasteiger charge is 2.24. The first-order valence-corrected chi connectivity index (χ1v) is 10.7. The highest BCUT2D eigenvalue weighted by atomic mass is 19.1. The topological polar surface area (TPSA) is 98.2 Å². The highest BCUT2D eigenvalue weighted by Crippen LogP contribution is 2.29. The van der Waals surface area contributed by atoms with E-state index in [0.29, 0.717) is 33.4 Å². The molecule has 0 unspecified atom stereocenters. The predicted octanol–water partition coefficient (Wildman–Crippen LogP) is 5.06. The summed E-state index contributed by atoms with van der Waals surface area (Å²) in [6.45, 7) is 3.87. The lowest BCUT2D eigenvalue weighted by molar-refractivity contribution is 0.102. The van der Waals surface area contributed by atoms with Crippen molar-refractivity contribution in [3.8, 4) is 0 Å². The Kier molecular flexibility index (Phi) is 5.25. The number of carbonyl (C=O) groups excluding carboxylic acids is 1. The van der Waals surface area contributed by atoms with Crippen LogP contribution in [0.15, 0.2) is 71.8 Å². The van der Waals surface area contributed by atoms with E-state index < -0.39 is 5.91 Å². The van der Waals surface area contributed by atoms with Gasteiger partial charge in [0, 0.05) is 5.69 Å². The Balaban J connectivity index is 1.66. The van der Waals surface area contributed by atoms with E-state index in [9.17, 15) is 9.18 Å². The largest absolute Gasteiger partial charge is 0.383 e. The molecule has 0 saturated carbocycles. The first-order chi connectivity index (χ1) is 16.4. The van der Waals surface area contributed by atoms with E-state index in [4.69, 9.17) is 5.73 Å². The lowest BCUT2D eigenvalue weighted by Gasteiger charge is -2.09. The fourth-order valence-corrected chi connectivity index (χ4v) is 3.72. The number of carbonyl (C=O) groups is 1. The molecule has 168 valence electrons. The number of halogens is 1. The second-order valence-corrected chi connectivity index (χ2v) is 8.03. The minimum Gasteiger partial charge on any atom is -0.383 e. The van der Waals surface area contributed by atoms with Gasteiger partial charge in [-0.1, -0.05) is 36.4 Å². The van der Waals surface area contributed by atoms with Crippen LogP contribution in [-0.2, 0) is 0 Å².